The van der Waals surface area contributed by atoms with E-state index < -0.39 is 6.10 Å². The summed E-state index contributed by atoms with van der Waals surface area (Å²) < 4.78 is 17.4. The predicted octanol–water partition coefficient (Wildman–Crippen LogP) is 18.2. The first kappa shape index (κ1) is 60.8. The summed E-state index contributed by atoms with van der Waals surface area (Å²) in [5.74, 6) is -0.439. The van der Waals surface area contributed by atoms with Gasteiger partial charge in [-0.25, -0.2) is 0 Å². The van der Waals surface area contributed by atoms with Crippen LogP contribution in [0.25, 0.3) is 0 Å². The van der Waals surface area contributed by atoms with Crippen molar-refractivity contribution in [2.24, 2.45) is 0 Å². The highest BCUT2D eigenvalue weighted by atomic mass is 16.6. The van der Waals surface area contributed by atoms with Crippen molar-refractivity contribution >= 4 is 11.9 Å². The molecule has 1 atom stereocenters. The van der Waals surface area contributed by atoms with Crippen LogP contribution in [-0.4, -0.2) is 37.9 Å². The minimum absolute atomic E-state index is 0.0560. The van der Waals surface area contributed by atoms with Crippen molar-refractivity contribution in [3.05, 3.63) is 97.2 Å². The lowest BCUT2D eigenvalue weighted by Gasteiger charge is -2.18. The standard InChI is InChI=1S/C59H100O5/c1-4-7-10-13-16-19-22-25-28-29-30-33-36-39-42-45-48-51-54-62-55-57(64-59(61)53-50-47-44-41-38-35-32-27-24-21-18-15-12-9-6-3)56-63-58(60)52-49-46-43-40-37-34-31-26-23-20-17-14-11-8-5-2/h7-8,10-11,16-17,19-20,25-26,28,30-31,33,39,42,57H,4-6,9,12-15,18,21-24,27,29,32,34-38,40-41,43-56H2,1-3H3/b10-7-,11-8-,19-16-,20-17-,28-25-,31-26-,33-30-,42-39-. The summed E-state index contributed by atoms with van der Waals surface area (Å²) in [4.78, 5) is 25.4. The normalized spacial score (nSPS) is 13.0. The third kappa shape index (κ3) is 51.5. The van der Waals surface area contributed by atoms with Crippen LogP contribution in [0.5, 0.6) is 0 Å². The Kier molecular flexibility index (Phi) is 51.5. The van der Waals surface area contributed by atoms with Crippen LogP contribution in [-0.2, 0) is 23.8 Å². The molecule has 0 aromatic rings. The fraction of sp³-hybridized carbons (Fsp3) is 0.695. The molecule has 0 rings (SSSR count). The number of hydrogen-bond donors (Lipinski definition) is 0. The number of hydrogen-bond acceptors (Lipinski definition) is 5. The van der Waals surface area contributed by atoms with Gasteiger partial charge in [0.05, 0.1) is 6.61 Å². The lowest BCUT2D eigenvalue weighted by atomic mass is 10.0. The van der Waals surface area contributed by atoms with Crippen LogP contribution in [0.1, 0.15) is 239 Å². The van der Waals surface area contributed by atoms with Gasteiger partial charge in [-0.15, -0.1) is 0 Å². The molecule has 0 saturated carbocycles. The van der Waals surface area contributed by atoms with Crippen molar-refractivity contribution in [3.63, 3.8) is 0 Å². The molecular formula is C59H100O5. The van der Waals surface area contributed by atoms with Crippen LogP contribution < -0.4 is 0 Å². The molecule has 0 saturated heterocycles. The molecule has 64 heavy (non-hydrogen) atoms. The van der Waals surface area contributed by atoms with Gasteiger partial charge in [0.25, 0.3) is 0 Å². The van der Waals surface area contributed by atoms with Crippen molar-refractivity contribution in [1.82, 2.24) is 0 Å². The predicted molar refractivity (Wildman–Crippen MR) is 279 cm³/mol. The molecular weight excluding hydrogens is 789 g/mol. The average molecular weight is 889 g/mol. The Balaban J connectivity index is 4.38. The number of carbonyl (C=O) groups is 2. The van der Waals surface area contributed by atoms with E-state index in [9.17, 15) is 9.59 Å². The van der Waals surface area contributed by atoms with Crippen molar-refractivity contribution in [3.8, 4) is 0 Å². The monoisotopic (exact) mass is 889 g/mol. The van der Waals surface area contributed by atoms with Gasteiger partial charge in [-0.05, 0) is 96.3 Å². The van der Waals surface area contributed by atoms with E-state index in [0.29, 0.717) is 19.4 Å². The van der Waals surface area contributed by atoms with Gasteiger partial charge in [0.2, 0.25) is 0 Å². The Morgan fingerprint density at radius 2 is 0.703 bits per heavy atom. The Morgan fingerprint density at radius 1 is 0.359 bits per heavy atom. The number of unbranched alkanes of at least 4 members (excludes halogenated alkanes) is 21. The van der Waals surface area contributed by atoms with E-state index in [2.05, 4.69) is 118 Å². The topological polar surface area (TPSA) is 61.8 Å². The highest BCUT2D eigenvalue weighted by Gasteiger charge is 2.17. The molecule has 1 unspecified atom stereocenters. The first-order valence-corrected chi connectivity index (χ1v) is 26.8. The van der Waals surface area contributed by atoms with Crippen LogP contribution in [0.15, 0.2) is 97.2 Å². The lowest BCUT2D eigenvalue weighted by Crippen LogP contribution is -2.30. The smallest absolute Gasteiger partial charge is 0.306 e. The number of esters is 2. The molecule has 0 amide bonds. The van der Waals surface area contributed by atoms with Gasteiger partial charge < -0.3 is 14.2 Å². The lowest BCUT2D eigenvalue weighted by molar-refractivity contribution is -0.163. The zero-order valence-corrected chi connectivity index (χ0v) is 42.0. The molecule has 0 aromatic carbocycles. The van der Waals surface area contributed by atoms with Gasteiger partial charge in [-0.1, -0.05) is 227 Å². The third-order valence-electron chi connectivity index (χ3n) is 11.1. The molecule has 0 bridgehead atoms. The molecule has 0 fully saturated rings. The maximum atomic E-state index is 12.8. The molecule has 5 nitrogen and oxygen atoms in total. The zero-order valence-electron chi connectivity index (χ0n) is 42.0. The average Bonchev–Trinajstić information content (AvgIpc) is 3.30. The fourth-order valence-corrected chi connectivity index (χ4v) is 7.20. The summed E-state index contributed by atoms with van der Waals surface area (Å²) in [6, 6.07) is 0. The third-order valence-corrected chi connectivity index (χ3v) is 11.1. The Hall–Kier alpha value is -3.18. The minimum atomic E-state index is -0.569. The summed E-state index contributed by atoms with van der Waals surface area (Å²) in [6.45, 7) is 7.50. The van der Waals surface area contributed by atoms with Gasteiger partial charge in [-0.3, -0.25) is 9.59 Å². The number of ether oxygens (including phenoxy) is 3. The van der Waals surface area contributed by atoms with Crippen molar-refractivity contribution in [2.75, 3.05) is 19.8 Å². The fourth-order valence-electron chi connectivity index (χ4n) is 7.20. The SMILES string of the molecule is CC/C=C\C/C=C\C/C=C\C/C=C\C/C=C\CCCCOCC(COC(=O)CCCCCCC/C=C\C/C=C\C/C=C\CC)OC(=O)CCCCCCCCCCCCCCCCC. The maximum Gasteiger partial charge on any atom is 0.306 e. The van der Waals surface area contributed by atoms with Gasteiger partial charge in [0.15, 0.2) is 6.10 Å². The van der Waals surface area contributed by atoms with E-state index in [1.165, 1.54) is 96.3 Å². The molecule has 0 aliphatic carbocycles. The van der Waals surface area contributed by atoms with Gasteiger partial charge in [0, 0.05) is 19.4 Å². The molecule has 0 aromatic heterocycles. The quantitative estimate of drug-likeness (QED) is 0.0346. The minimum Gasteiger partial charge on any atom is -0.462 e. The van der Waals surface area contributed by atoms with Crippen LogP contribution in [0.3, 0.4) is 0 Å². The number of allylic oxidation sites excluding steroid dienone is 16. The first-order chi connectivity index (χ1) is 31.6. The first-order valence-electron chi connectivity index (χ1n) is 26.8. The molecule has 0 N–H and O–H groups in total. The second-order valence-corrected chi connectivity index (χ2v) is 17.4. The number of carbonyl (C=O) groups excluding carboxylic acids is 2. The van der Waals surface area contributed by atoms with Crippen molar-refractivity contribution in [2.45, 2.75) is 245 Å². The molecule has 5 heteroatoms. The Labute approximate surface area is 396 Å². The molecule has 0 heterocycles. The van der Waals surface area contributed by atoms with Gasteiger partial charge in [-0.2, -0.15) is 0 Å². The highest BCUT2D eigenvalue weighted by molar-refractivity contribution is 5.70. The summed E-state index contributed by atoms with van der Waals surface area (Å²) in [5, 5.41) is 0. The van der Waals surface area contributed by atoms with E-state index in [4.69, 9.17) is 14.2 Å². The molecule has 366 valence electrons. The van der Waals surface area contributed by atoms with Gasteiger partial charge >= 0.3 is 11.9 Å². The molecule has 0 aliphatic heterocycles. The summed E-state index contributed by atoms with van der Waals surface area (Å²) >= 11 is 0. The zero-order chi connectivity index (χ0) is 46.3. The van der Waals surface area contributed by atoms with Crippen LogP contribution in [0, 0.1) is 0 Å². The maximum absolute atomic E-state index is 12.8. The summed E-state index contributed by atoms with van der Waals surface area (Å²) in [6.07, 6.45) is 72.8. The Bertz CT molecular complexity index is 1230. The second kappa shape index (κ2) is 54.2. The van der Waals surface area contributed by atoms with Crippen molar-refractivity contribution in [1.29, 1.82) is 0 Å². The highest BCUT2D eigenvalue weighted by Crippen LogP contribution is 2.15. The second-order valence-electron chi connectivity index (χ2n) is 17.4. The van der Waals surface area contributed by atoms with E-state index in [0.717, 1.165) is 109 Å². The largest absolute Gasteiger partial charge is 0.462 e. The van der Waals surface area contributed by atoms with Crippen LogP contribution in [0.4, 0.5) is 0 Å². The van der Waals surface area contributed by atoms with E-state index in [-0.39, 0.29) is 25.2 Å². The summed E-state index contributed by atoms with van der Waals surface area (Å²) in [7, 11) is 0. The number of rotatable bonds is 48. The van der Waals surface area contributed by atoms with Crippen LogP contribution in [0.2, 0.25) is 0 Å². The molecule has 0 radical (unpaired) electrons. The van der Waals surface area contributed by atoms with E-state index in [1.807, 2.05) is 0 Å². The Morgan fingerprint density at radius 3 is 1.12 bits per heavy atom. The van der Waals surface area contributed by atoms with Gasteiger partial charge in [0.1, 0.15) is 6.61 Å². The molecule has 0 spiro atoms. The summed E-state index contributed by atoms with van der Waals surface area (Å²) in [5.41, 5.74) is 0. The van der Waals surface area contributed by atoms with Crippen LogP contribution >= 0.6 is 0 Å². The van der Waals surface area contributed by atoms with E-state index >= 15 is 0 Å². The van der Waals surface area contributed by atoms with Crippen molar-refractivity contribution < 1.29 is 23.8 Å². The van der Waals surface area contributed by atoms with E-state index in [1.54, 1.807) is 0 Å². The molecule has 0 aliphatic rings.